The summed E-state index contributed by atoms with van der Waals surface area (Å²) in [4.78, 5) is 21.9. The zero-order chi connectivity index (χ0) is 16.1. The minimum absolute atomic E-state index is 0.0387. The monoisotopic (exact) mass is 299 g/mol. The first-order valence-electron chi connectivity index (χ1n) is 7.05. The molecule has 0 aliphatic heterocycles. The number of nitro groups is 1. The molecular weight excluding hydrogens is 282 g/mol. The first-order valence-corrected chi connectivity index (χ1v) is 7.05. The summed E-state index contributed by atoms with van der Waals surface area (Å²) in [6.07, 6.45) is 0.136. The average molecular weight is 299 g/mol. The lowest BCUT2D eigenvalue weighted by Crippen LogP contribution is -2.04. The molecule has 22 heavy (non-hydrogen) atoms. The van der Waals surface area contributed by atoms with Crippen molar-refractivity contribution in [3.63, 3.8) is 0 Å². The second-order valence-electron chi connectivity index (χ2n) is 4.91. The molecule has 0 fully saturated rings. The molecule has 0 spiro atoms. The maximum Gasteiger partial charge on any atom is 0.269 e. The van der Waals surface area contributed by atoms with Crippen LogP contribution in [0.5, 0.6) is 5.75 Å². The lowest BCUT2D eigenvalue weighted by molar-refractivity contribution is -0.385. The van der Waals surface area contributed by atoms with Crippen molar-refractivity contribution in [3.8, 4) is 5.75 Å². The molecule has 5 nitrogen and oxygen atoms in total. The van der Waals surface area contributed by atoms with Crippen LogP contribution < -0.4 is 4.74 Å². The Morgan fingerprint density at radius 3 is 2.50 bits per heavy atom. The number of hydrogen-bond donors (Lipinski definition) is 0. The van der Waals surface area contributed by atoms with Crippen LogP contribution in [0.15, 0.2) is 48.5 Å². The number of nitrogens with zero attached hydrogens (tertiary/aromatic N) is 1. The van der Waals surface area contributed by atoms with Crippen molar-refractivity contribution >= 4 is 11.5 Å². The molecule has 0 aromatic heterocycles. The molecule has 2 aromatic carbocycles. The summed E-state index contributed by atoms with van der Waals surface area (Å²) >= 11 is 0. The molecule has 0 heterocycles. The lowest BCUT2D eigenvalue weighted by atomic mass is 10.1. The van der Waals surface area contributed by atoms with E-state index in [-0.39, 0.29) is 17.6 Å². The fourth-order valence-corrected chi connectivity index (χ4v) is 2.09. The summed E-state index contributed by atoms with van der Waals surface area (Å²) in [6, 6.07) is 13.3. The van der Waals surface area contributed by atoms with Gasteiger partial charge in [0.15, 0.2) is 5.78 Å². The van der Waals surface area contributed by atoms with Crippen molar-refractivity contribution < 1.29 is 14.5 Å². The van der Waals surface area contributed by atoms with Crippen LogP contribution in [0.25, 0.3) is 0 Å². The Bertz CT molecular complexity index is 679. The first kappa shape index (κ1) is 15.7. The van der Waals surface area contributed by atoms with Crippen molar-refractivity contribution in [3.05, 3.63) is 69.8 Å². The zero-order valence-corrected chi connectivity index (χ0v) is 12.5. The molecular formula is C17H17NO4. The number of rotatable bonds is 6. The third-order valence-corrected chi connectivity index (χ3v) is 3.36. The van der Waals surface area contributed by atoms with E-state index in [4.69, 9.17) is 4.74 Å². The molecule has 0 radical (unpaired) electrons. The highest BCUT2D eigenvalue weighted by Gasteiger charge is 2.12. The zero-order valence-electron chi connectivity index (χ0n) is 12.5. The average Bonchev–Trinajstić information content (AvgIpc) is 2.54. The third-order valence-electron chi connectivity index (χ3n) is 3.36. The van der Waals surface area contributed by atoms with E-state index in [2.05, 4.69) is 0 Å². The Morgan fingerprint density at radius 1 is 1.23 bits per heavy atom. The summed E-state index contributed by atoms with van der Waals surface area (Å²) in [5, 5.41) is 10.8. The van der Waals surface area contributed by atoms with Gasteiger partial charge in [-0.1, -0.05) is 19.1 Å². The molecule has 0 saturated carbocycles. The van der Waals surface area contributed by atoms with Crippen LogP contribution in [0.2, 0.25) is 0 Å². The molecule has 0 aliphatic carbocycles. The Kier molecular flexibility index (Phi) is 4.88. The molecule has 114 valence electrons. The highest BCUT2D eigenvalue weighted by Crippen LogP contribution is 2.24. The maximum atomic E-state index is 11.6. The van der Waals surface area contributed by atoms with Gasteiger partial charge in [-0.2, -0.15) is 0 Å². The molecule has 1 atom stereocenters. The molecule has 0 aliphatic rings. The summed E-state index contributed by atoms with van der Waals surface area (Å²) in [5.74, 6) is 0.699. The van der Waals surface area contributed by atoms with Gasteiger partial charge in [0.1, 0.15) is 11.9 Å². The van der Waals surface area contributed by atoms with E-state index in [1.807, 2.05) is 13.8 Å². The predicted molar refractivity (Wildman–Crippen MR) is 83.2 cm³/mol. The lowest BCUT2D eigenvalue weighted by Gasteiger charge is -2.15. The molecule has 1 unspecified atom stereocenters. The minimum atomic E-state index is -0.429. The van der Waals surface area contributed by atoms with E-state index in [1.54, 1.807) is 36.4 Å². The normalized spacial score (nSPS) is 11.7. The fraction of sp³-hybridized carbons (Fsp3) is 0.235. The number of Topliss-reactive ketones (excluding diaryl/α,β-unsaturated/α-hetero) is 1. The summed E-state index contributed by atoms with van der Waals surface area (Å²) < 4.78 is 5.77. The van der Waals surface area contributed by atoms with Crippen LogP contribution >= 0.6 is 0 Å². The van der Waals surface area contributed by atoms with E-state index >= 15 is 0 Å². The van der Waals surface area contributed by atoms with Crippen molar-refractivity contribution in [2.75, 3.05) is 0 Å². The molecule has 0 saturated heterocycles. The topological polar surface area (TPSA) is 69.4 Å². The van der Waals surface area contributed by atoms with Gasteiger partial charge in [-0.25, -0.2) is 0 Å². The number of benzene rings is 2. The van der Waals surface area contributed by atoms with E-state index in [9.17, 15) is 14.9 Å². The quantitative estimate of drug-likeness (QED) is 0.452. The third kappa shape index (κ3) is 3.69. The summed E-state index contributed by atoms with van der Waals surface area (Å²) in [5.41, 5.74) is 1.41. The van der Waals surface area contributed by atoms with Crippen LogP contribution in [0.4, 0.5) is 5.69 Å². The molecule has 2 aromatic rings. The van der Waals surface area contributed by atoms with Crippen molar-refractivity contribution in [2.24, 2.45) is 0 Å². The first-order chi connectivity index (χ1) is 10.5. The van der Waals surface area contributed by atoms with E-state index in [0.717, 1.165) is 5.56 Å². The maximum absolute atomic E-state index is 11.6. The Hall–Kier alpha value is -2.69. The molecule has 0 bridgehead atoms. The second kappa shape index (κ2) is 6.85. The van der Waals surface area contributed by atoms with Gasteiger partial charge in [0, 0.05) is 24.1 Å². The Balaban J connectivity index is 2.11. The van der Waals surface area contributed by atoms with Gasteiger partial charge >= 0.3 is 0 Å². The van der Waals surface area contributed by atoms with Crippen LogP contribution in [0.1, 0.15) is 42.3 Å². The highest BCUT2D eigenvalue weighted by molar-refractivity contribution is 5.95. The number of nitro benzene ring substituents is 1. The fourth-order valence-electron chi connectivity index (χ4n) is 2.09. The predicted octanol–water partition coefficient (Wildman–Crippen LogP) is 4.33. The standard InChI is InChI=1S/C17H17NO4/c1-3-17(19)13-7-9-16(10-8-13)22-12(2)14-5-4-6-15(11-14)18(20)21/h4-12H,3H2,1-2H3. The van der Waals surface area contributed by atoms with Gasteiger partial charge in [-0.15, -0.1) is 0 Å². The summed E-state index contributed by atoms with van der Waals surface area (Å²) in [6.45, 7) is 3.64. The molecule has 5 heteroatoms. The van der Waals surface area contributed by atoms with Crippen LogP contribution in [0, 0.1) is 10.1 Å². The van der Waals surface area contributed by atoms with Crippen LogP contribution in [-0.4, -0.2) is 10.7 Å². The highest BCUT2D eigenvalue weighted by atomic mass is 16.6. The van der Waals surface area contributed by atoms with Gasteiger partial charge in [-0.3, -0.25) is 14.9 Å². The number of ether oxygens (including phenoxy) is 1. The second-order valence-corrected chi connectivity index (χ2v) is 4.91. The number of carbonyl (C=O) groups is 1. The molecule has 0 N–H and O–H groups in total. The SMILES string of the molecule is CCC(=O)c1ccc(OC(C)c2cccc([N+](=O)[O-])c2)cc1. The van der Waals surface area contributed by atoms with E-state index < -0.39 is 4.92 Å². The summed E-state index contributed by atoms with van der Waals surface area (Å²) in [7, 11) is 0. The van der Waals surface area contributed by atoms with E-state index in [0.29, 0.717) is 17.7 Å². The molecule has 0 amide bonds. The van der Waals surface area contributed by atoms with Gasteiger partial charge < -0.3 is 4.74 Å². The number of carbonyl (C=O) groups excluding carboxylic acids is 1. The van der Waals surface area contributed by atoms with E-state index in [1.165, 1.54) is 12.1 Å². The number of non-ortho nitro benzene ring substituents is 1. The van der Waals surface area contributed by atoms with Crippen molar-refractivity contribution in [1.29, 1.82) is 0 Å². The Labute approximate surface area is 128 Å². The number of hydrogen-bond acceptors (Lipinski definition) is 4. The van der Waals surface area contributed by atoms with Crippen molar-refractivity contribution in [2.45, 2.75) is 26.4 Å². The van der Waals surface area contributed by atoms with Gasteiger partial charge in [-0.05, 0) is 36.8 Å². The van der Waals surface area contributed by atoms with Gasteiger partial charge in [0.05, 0.1) is 4.92 Å². The Morgan fingerprint density at radius 2 is 1.91 bits per heavy atom. The van der Waals surface area contributed by atoms with Crippen molar-refractivity contribution in [1.82, 2.24) is 0 Å². The number of ketones is 1. The largest absolute Gasteiger partial charge is 0.486 e. The smallest absolute Gasteiger partial charge is 0.269 e. The van der Waals surface area contributed by atoms with Gasteiger partial charge in [0.2, 0.25) is 0 Å². The molecule has 2 rings (SSSR count). The minimum Gasteiger partial charge on any atom is -0.486 e. The van der Waals surface area contributed by atoms with Crippen LogP contribution in [0.3, 0.4) is 0 Å². The van der Waals surface area contributed by atoms with Gasteiger partial charge in [0.25, 0.3) is 5.69 Å². The van der Waals surface area contributed by atoms with Crippen LogP contribution in [-0.2, 0) is 0 Å².